The lowest BCUT2D eigenvalue weighted by Gasteiger charge is -2.32. The van der Waals surface area contributed by atoms with Crippen LogP contribution in [0.2, 0.25) is 0 Å². The molecule has 0 saturated carbocycles. The normalized spacial score (nSPS) is 16.0. The van der Waals surface area contributed by atoms with Gasteiger partial charge in [0.25, 0.3) is 0 Å². The molecule has 0 saturated heterocycles. The molecule has 0 bridgehead atoms. The fourth-order valence-electron chi connectivity index (χ4n) is 4.55. The maximum atomic E-state index is 14.0. The van der Waals surface area contributed by atoms with E-state index < -0.39 is 5.97 Å². The van der Waals surface area contributed by atoms with Crippen molar-refractivity contribution in [2.75, 3.05) is 11.9 Å². The molecule has 0 amide bonds. The zero-order chi connectivity index (χ0) is 20.8. The standard InChI is InChI=1S/C23H21FN4O2/c1-27(22-12-25-18-4-2-3-5-19(18)26-22)15-7-9-21-17(11-15)16-10-14(24)6-8-20(16)28(21)13-23(29)30/h2-6,8,10,12,15H,7,9,11,13H2,1H3,(H,29,30)/t15-/m0/s1. The predicted molar refractivity (Wildman–Crippen MR) is 113 cm³/mol. The van der Waals surface area contributed by atoms with E-state index in [0.717, 1.165) is 51.9 Å². The molecule has 4 aromatic rings. The first-order valence-corrected chi connectivity index (χ1v) is 9.97. The van der Waals surface area contributed by atoms with Gasteiger partial charge in [-0.25, -0.2) is 9.37 Å². The highest BCUT2D eigenvalue weighted by atomic mass is 19.1. The largest absolute Gasteiger partial charge is 0.480 e. The van der Waals surface area contributed by atoms with E-state index in [2.05, 4.69) is 9.88 Å². The van der Waals surface area contributed by atoms with Crippen molar-refractivity contribution >= 4 is 33.7 Å². The average molecular weight is 404 g/mol. The number of fused-ring (bicyclic) bond motifs is 4. The van der Waals surface area contributed by atoms with Crippen LogP contribution in [0.25, 0.3) is 21.9 Å². The lowest BCUT2D eigenvalue weighted by molar-refractivity contribution is -0.137. The van der Waals surface area contributed by atoms with Gasteiger partial charge < -0.3 is 14.6 Å². The van der Waals surface area contributed by atoms with Crippen molar-refractivity contribution in [2.24, 2.45) is 0 Å². The lowest BCUT2D eigenvalue weighted by atomic mass is 9.90. The summed E-state index contributed by atoms with van der Waals surface area (Å²) in [6.45, 7) is -0.117. The highest BCUT2D eigenvalue weighted by Crippen LogP contribution is 2.35. The number of carboxylic acids is 1. The molecule has 0 spiro atoms. The molecule has 1 aliphatic carbocycles. The molecule has 152 valence electrons. The van der Waals surface area contributed by atoms with E-state index in [9.17, 15) is 14.3 Å². The minimum absolute atomic E-state index is 0.117. The van der Waals surface area contributed by atoms with Gasteiger partial charge in [-0.3, -0.25) is 9.78 Å². The molecule has 2 heterocycles. The Morgan fingerprint density at radius 1 is 1.27 bits per heavy atom. The van der Waals surface area contributed by atoms with Crippen LogP contribution in [0.4, 0.5) is 10.2 Å². The summed E-state index contributed by atoms with van der Waals surface area (Å²) in [5.74, 6) is -0.416. The molecular formula is C23H21FN4O2. The van der Waals surface area contributed by atoms with Crippen LogP contribution >= 0.6 is 0 Å². The van der Waals surface area contributed by atoms with Gasteiger partial charge >= 0.3 is 5.97 Å². The number of carboxylic acid groups (broad SMARTS) is 1. The van der Waals surface area contributed by atoms with E-state index >= 15 is 0 Å². The Kier molecular flexibility index (Phi) is 4.38. The number of carbonyl (C=O) groups is 1. The molecule has 0 radical (unpaired) electrons. The van der Waals surface area contributed by atoms with Crippen LogP contribution < -0.4 is 4.90 Å². The van der Waals surface area contributed by atoms with Crippen molar-refractivity contribution in [1.29, 1.82) is 0 Å². The number of likely N-dealkylation sites (N-methyl/N-ethyl adjacent to an activating group) is 1. The summed E-state index contributed by atoms with van der Waals surface area (Å²) in [5, 5.41) is 10.2. The molecule has 2 aromatic carbocycles. The minimum atomic E-state index is -0.898. The number of aromatic nitrogens is 3. The molecule has 0 unspecified atom stereocenters. The van der Waals surface area contributed by atoms with Gasteiger partial charge in [0.15, 0.2) is 0 Å². The number of hydrogen-bond acceptors (Lipinski definition) is 4. The molecule has 1 N–H and O–H groups in total. The van der Waals surface area contributed by atoms with Gasteiger partial charge in [0, 0.05) is 29.7 Å². The fourth-order valence-corrected chi connectivity index (χ4v) is 4.55. The predicted octanol–water partition coefficient (Wildman–Crippen LogP) is 3.80. The number of aliphatic carboxylic acids is 1. The summed E-state index contributed by atoms with van der Waals surface area (Å²) < 4.78 is 15.8. The maximum Gasteiger partial charge on any atom is 0.323 e. The van der Waals surface area contributed by atoms with E-state index in [0.29, 0.717) is 6.42 Å². The second kappa shape index (κ2) is 7.09. The van der Waals surface area contributed by atoms with Crippen molar-refractivity contribution in [2.45, 2.75) is 31.8 Å². The third kappa shape index (κ3) is 3.07. The van der Waals surface area contributed by atoms with Gasteiger partial charge in [-0.2, -0.15) is 0 Å². The van der Waals surface area contributed by atoms with Gasteiger partial charge in [-0.1, -0.05) is 12.1 Å². The first-order chi connectivity index (χ1) is 14.5. The zero-order valence-corrected chi connectivity index (χ0v) is 16.5. The van der Waals surface area contributed by atoms with E-state index in [1.54, 1.807) is 12.3 Å². The van der Waals surface area contributed by atoms with Crippen LogP contribution in [-0.2, 0) is 24.2 Å². The monoisotopic (exact) mass is 404 g/mol. The summed E-state index contributed by atoms with van der Waals surface area (Å²) in [6.07, 6.45) is 4.07. The zero-order valence-electron chi connectivity index (χ0n) is 16.5. The van der Waals surface area contributed by atoms with Crippen molar-refractivity contribution in [3.8, 4) is 0 Å². The Morgan fingerprint density at radius 3 is 2.87 bits per heavy atom. The molecule has 1 atom stereocenters. The number of rotatable bonds is 4. The number of halogens is 1. The lowest BCUT2D eigenvalue weighted by Crippen LogP contribution is -2.37. The highest BCUT2D eigenvalue weighted by molar-refractivity contribution is 5.87. The Balaban J connectivity index is 1.52. The van der Waals surface area contributed by atoms with Crippen molar-refractivity contribution in [1.82, 2.24) is 14.5 Å². The van der Waals surface area contributed by atoms with Crippen molar-refractivity contribution in [3.63, 3.8) is 0 Å². The van der Waals surface area contributed by atoms with Crippen LogP contribution in [0, 0.1) is 5.82 Å². The van der Waals surface area contributed by atoms with Crippen molar-refractivity contribution in [3.05, 3.63) is 65.7 Å². The molecule has 6 nitrogen and oxygen atoms in total. The first-order valence-electron chi connectivity index (χ1n) is 9.97. The second-order valence-corrected chi connectivity index (χ2v) is 7.79. The third-order valence-electron chi connectivity index (χ3n) is 6.04. The summed E-state index contributed by atoms with van der Waals surface area (Å²) >= 11 is 0. The molecule has 7 heteroatoms. The molecule has 5 rings (SSSR count). The van der Waals surface area contributed by atoms with Crippen LogP contribution in [0.15, 0.2) is 48.7 Å². The summed E-state index contributed by atoms with van der Waals surface area (Å²) in [6, 6.07) is 12.5. The Morgan fingerprint density at radius 2 is 2.07 bits per heavy atom. The summed E-state index contributed by atoms with van der Waals surface area (Å²) in [4.78, 5) is 22.8. The van der Waals surface area contributed by atoms with Crippen LogP contribution in [0.1, 0.15) is 17.7 Å². The van der Waals surface area contributed by atoms with E-state index in [1.807, 2.05) is 35.9 Å². The van der Waals surface area contributed by atoms with Gasteiger partial charge in [-0.15, -0.1) is 0 Å². The minimum Gasteiger partial charge on any atom is -0.480 e. The highest BCUT2D eigenvalue weighted by Gasteiger charge is 2.29. The van der Waals surface area contributed by atoms with Gasteiger partial charge in [0.1, 0.15) is 18.2 Å². The topological polar surface area (TPSA) is 71.2 Å². The average Bonchev–Trinajstić information content (AvgIpc) is 3.04. The Bertz CT molecular complexity index is 1280. The smallest absolute Gasteiger partial charge is 0.323 e. The molecule has 2 aromatic heterocycles. The van der Waals surface area contributed by atoms with Crippen LogP contribution in [-0.4, -0.2) is 38.7 Å². The quantitative estimate of drug-likeness (QED) is 0.560. The SMILES string of the molecule is CN(c1cnc2ccccc2n1)[C@H]1CCc2c(c3cc(F)ccc3n2CC(=O)O)C1. The molecule has 0 aliphatic heterocycles. The van der Waals surface area contributed by atoms with Crippen molar-refractivity contribution < 1.29 is 14.3 Å². The molecular weight excluding hydrogens is 383 g/mol. The van der Waals surface area contributed by atoms with Gasteiger partial charge in [0.2, 0.25) is 0 Å². The third-order valence-corrected chi connectivity index (χ3v) is 6.04. The number of nitrogens with zero attached hydrogens (tertiary/aromatic N) is 4. The molecule has 0 fully saturated rings. The molecule has 1 aliphatic rings. The van der Waals surface area contributed by atoms with Crippen LogP contribution in [0.5, 0.6) is 0 Å². The number of para-hydroxylation sites is 2. The number of hydrogen-bond donors (Lipinski definition) is 1. The van der Waals surface area contributed by atoms with E-state index in [4.69, 9.17) is 4.98 Å². The molecule has 30 heavy (non-hydrogen) atoms. The number of anilines is 1. The summed E-state index contributed by atoms with van der Waals surface area (Å²) in [5.41, 5.74) is 4.50. The van der Waals surface area contributed by atoms with Gasteiger partial charge in [0.05, 0.1) is 17.2 Å². The van der Waals surface area contributed by atoms with Gasteiger partial charge in [-0.05, 0) is 55.2 Å². The first kappa shape index (κ1) is 18.5. The van der Waals surface area contributed by atoms with Crippen LogP contribution in [0.3, 0.4) is 0 Å². The second-order valence-electron chi connectivity index (χ2n) is 7.79. The Hall–Kier alpha value is -3.48. The van der Waals surface area contributed by atoms with E-state index in [1.165, 1.54) is 12.1 Å². The maximum absolute atomic E-state index is 14.0. The Labute approximate surface area is 172 Å². The fraction of sp³-hybridized carbons (Fsp3) is 0.261. The number of benzene rings is 2. The summed E-state index contributed by atoms with van der Waals surface area (Å²) in [7, 11) is 2.01. The van der Waals surface area contributed by atoms with E-state index in [-0.39, 0.29) is 18.4 Å².